The summed E-state index contributed by atoms with van der Waals surface area (Å²) in [6, 6.07) is 1.80. The summed E-state index contributed by atoms with van der Waals surface area (Å²) in [5.74, 6) is -0.404. The molecule has 0 unspecified atom stereocenters. The normalized spacial score (nSPS) is 31.3. The van der Waals surface area contributed by atoms with Crippen molar-refractivity contribution in [2.45, 2.75) is 70.0 Å². The van der Waals surface area contributed by atoms with Crippen molar-refractivity contribution in [1.82, 2.24) is 15.1 Å². The van der Waals surface area contributed by atoms with Crippen molar-refractivity contribution in [3.63, 3.8) is 0 Å². The largest absolute Gasteiger partial charge is 0.336 e. The zero-order valence-corrected chi connectivity index (χ0v) is 16.1. The Hall–Kier alpha value is -1.89. The molecule has 6 nitrogen and oxygen atoms in total. The van der Waals surface area contributed by atoms with Crippen LogP contribution in [0.1, 0.15) is 56.4 Å². The Morgan fingerprint density at radius 2 is 2.00 bits per heavy atom. The van der Waals surface area contributed by atoms with E-state index in [1.54, 1.807) is 11.3 Å². The highest BCUT2D eigenvalue weighted by molar-refractivity contribution is 7.10. The van der Waals surface area contributed by atoms with Crippen LogP contribution in [-0.2, 0) is 21.5 Å². The summed E-state index contributed by atoms with van der Waals surface area (Å²) in [6.07, 6.45) is 5.46. The van der Waals surface area contributed by atoms with Crippen LogP contribution >= 0.6 is 11.3 Å². The highest BCUT2D eigenvalue weighted by Gasteiger charge is 2.55. The number of nitrogens with one attached hydrogen (secondary N) is 1. The van der Waals surface area contributed by atoms with Gasteiger partial charge < -0.3 is 10.2 Å². The summed E-state index contributed by atoms with van der Waals surface area (Å²) >= 11 is 1.63. The van der Waals surface area contributed by atoms with Gasteiger partial charge in [0, 0.05) is 22.5 Å². The molecule has 2 fully saturated rings. The molecule has 2 saturated heterocycles. The van der Waals surface area contributed by atoms with Crippen LogP contribution in [0, 0.1) is 0 Å². The van der Waals surface area contributed by atoms with E-state index < -0.39 is 11.6 Å². The van der Waals surface area contributed by atoms with E-state index in [1.807, 2.05) is 30.2 Å². The summed E-state index contributed by atoms with van der Waals surface area (Å²) in [7, 11) is 0. The molecule has 4 amide bonds. The van der Waals surface area contributed by atoms with E-state index in [0.717, 1.165) is 47.4 Å². The topological polar surface area (TPSA) is 69.7 Å². The van der Waals surface area contributed by atoms with Gasteiger partial charge in [-0.15, -0.1) is 11.3 Å². The second kappa shape index (κ2) is 6.37. The molecule has 0 aromatic carbocycles. The Kier molecular flexibility index (Phi) is 4.29. The third-order valence-corrected chi connectivity index (χ3v) is 7.09. The summed E-state index contributed by atoms with van der Waals surface area (Å²) in [4.78, 5) is 42.8. The number of carbonyl (C=O) groups excluding carboxylic acids is 3. The van der Waals surface area contributed by atoms with Crippen LogP contribution in [0.4, 0.5) is 4.79 Å². The van der Waals surface area contributed by atoms with Crippen LogP contribution in [-0.4, -0.2) is 46.3 Å². The molecule has 1 N–H and O–H groups in total. The molecule has 3 atom stereocenters. The van der Waals surface area contributed by atoms with Gasteiger partial charge in [-0.1, -0.05) is 0 Å². The second-order valence-corrected chi connectivity index (χ2v) is 8.77. The maximum atomic E-state index is 13.2. The summed E-state index contributed by atoms with van der Waals surface area (Å²) in [6.45, 7) is 3.92. The number of urea groups is 1. The molecule has 4 rings (SSSR count). The molecule has 0 saturated carbocycles. The molecule has 3 heterocycles. The number of rotatable bonds is 2. The highest BCUT2D eigenvalue weighted by Crippen LogP contribution is 2.42. The maximum absolute atomic E-state index is 13.2. The Morgan fingerprint density at radius 3 is 2.73 bits per heavy atom. The van der Waals surface area contributed by atoms with E-state index in [4.69, 9.17) is 0 Å². The van der Waals surface area contributed by atoms with Crippen LogP contribution in [0.2, 0.25) is 0 Å². The van der Waals surface area contributed by atoms with Gasteiger partial charge in [0.25, 0.3) is 5.91 Å². The van der Waals surface area contributed by atoms with E-state index in [2.05, 4.69) is 5.32 Å². The third kappa shape index (κ3) is 2.55. The lowest BCUT2D eigenvalue weighted by Crippen LogP contribution is -2.52. The summed E-state index contributed by atoms with van der Waals surface area (Å²) in [5.41, 5.74) is -0.0499. The molecule has 140 valence electrons. The quantitative estimate of drug-likeness (QED) is 0.808. The second-order valence-electron chi connectivity index (χ2n) is 7.77. The number of hydrogen-bond donors (Lipinski definition) is 1. The number of likely N-dealkylation sites (tertiary alicyclic amines) is 1. The first-order valence-electron chi connectivity index (χ1n) is 9.46. The molecule has 1 spiro atoms. The average molecular weight is 375 g/mol. The van der Waals surface area contributed by atoms with Gasteiger partial charge >= 0.3 is 6.03 Å². The van der Waals surface area contributed by atoms with Gasteiger partial charge in [0.05, 0.1) is 0 Å². The summed E-state index contributed by atoms with van der Waals surface area (Å²) < 4.78 is 0. The van der Waals surface area contributed by atoms with Gasteiger partial charge in [-0.25, -0.2) is 4.79 Å². The number of nitrogens with zero attached hydrogens (tertiary/aromatic N) is 2. The van der Waals surface area contributed by atoms with Gasteiger partial charge in [0.1, 0.15) is 12.1 Å². The van der Waals surface area contributed by atoms with Crippen molar-refractivity contribution in [2.24, 2.45) is 0 Å². The fraction of sp³-hybridized carbons (Fsp3) is 0.632. The Bertz CT molecular complexity index is 751. The number of hydrogen-bond acceptors (Lipinski definition) is 4. The first kappa shape index (κ1) is 17.5. The van der Waals surface area contributed by atoms with Crippen molar-refractivity contribution in [3.05, 3.63) is 21.9 Å². The van der Waals surface area contributed by atoms with Crippen LogP contribution in [0.3, 0.4) is 0 Å². The lowest BCUT2D eigenvalue weighted by Gasteiger charge is -2.39. The van der Waals surface area contributed by atoms with E-state index in [1.165, 1.54) is 0 Å². The molecule has 7 heteroatoms. The van der Waals surface area contributed by atoms with Crippen molar-refractivity contribution < 1.29 is 14.4 Å². The van der Waals surface area contributed by atoms with Crippen molar-refractivity contribution in [1.29, 1.82) is 0 Å². The predicted molar refractivity (Wildman–Crippen MR) is 98.8 cm³/mol. The molecule has 1 aromatic rings. The van der Waals surface area contributed by atoms with Gasteiger partial charge in [-0.05, 0) is 63.8 Å². The third-order valence-electron chi connectivity index (χ3n) is 6.11. The minimum Gasteiger partial charge on any atom is -0.336 e. The Labute approximate surface area is 157 Å². The van der Waals surface area contributed by atoms with Crippen molar-refractivity contribution >= 4 is 29.2 Å². The Morgan fingerprint density at radius 1 is 1.27 bits per heavy atom. The fourth-order valence-electron chi connectivity index (χ4n) is 4.81. The van der Waals surface area contributed by atoms with Gasteiger partial charge in [-0.2, -0.15) is 0 Å². The van der Waals surface area contributed by atoms with E-state index in [0.29, 0.717) is 6.42 Å². The lowest BCUT2D eigenvalue weighted by molar-refractivity contribution is -0.143. The molecular weight excluding hydrogens is 350 g/mol. The van der Waals surface area contributed by atoms with E-state index in [-0.39, 0.29) is 30.4 Å². The lowest BCUT2D eigenvalue weighted by atomic mass is 9.80. The van der Waals surface area contributed by atoms with Gasteiger partial charge in [0.15, 0.2) is 0 Å². The maximum Gasteiger partial charge on any atom is 0.325 e. The van der Waals surface area contributed by atoms with Gasteiger partial charge in [-0.3, -0.25) is 14.5 Å². The highest BCUT2D eigenvalue weighted by atomic mass is 32.1. The zero-order chi connectivity index (χ0) is 18.5. The zero-order valence-electron chi connectivity index (χ0n) is 15.3. The molecular formula is C19H25N3O3S. The molecule has 0 bridgehead atoms. The molecule has 1 aliphatic carbocycles. The number of amides is 4. The van der Waals surface area contributed by atoms with Crippen LogP contribution in [0.15, 0.2) is 11.4 Å². The SMILES string of the molecule is C[C@H]1CCC[C@H](C)N1C(=O)CN1C(=O)N[C@]2(CCCc3sccc32)C1=O. The smallest absolute Gasteiger partial charge is 0.325 e. The Balaban J connectivity index is 1.57. The van der Waals surface area contributed by atoms with Crippen molar-refractivity contribution in [3.8, 4) is 0 Å². The number of thiophene rings is 1. The first-order chi connectivity index (χ1) is 12.4. The first-order valence-corrected chi connectivity index (χ1v) is 10.3. The van der Waals surface area contributed by atoms with E-state index in [9.17, 15) is 14.4 Å². The number of piperidine rings is 1. The van der Waals surface area contributed by atoms with Gasteiger partial charge in [0.2, 0.25) is 5.91 Å². The number of aryl methyl sites for hydroxylation is 1. The fourth-order valence-corrected chi connectivity index (χ4v) is 5.81. The molecule has 1 aromatic heterocycles. The monoisotopic (exact) mass is 375 g/mol. The molecule has 3 aliphatic rings. The molecule has 2 aliphatic heterocycles. The average Bonchev–Trinajstić information content (AvgIpc) is 3.16. The number of carbonyl (C=O) groups is 3. The molecule has 0 radical (unpaired) electrons. The van der Waals surface area contributed by atoms with Crippen LogP contribution in [0.5, 0.6) is 0 Å². The van der Waals surface area contributed by atoms with E-state index >= 15 is 0 Å². The predicted octanol–water partition coefficient (Wildman–Crippen LogP) is 2.62. The standard InChI is InChI=1S/C19H25N3O3S/c1-12-5-3-6-13(2)22(12)16(23)11-21-17(24)19(20-18(21)25)9-4-7-15-14(19)8-10-26-15/h8,10,12-13H,3-7,9,11H2,1-2H3,(H,20,25)/t12-,13-,19-/m0/s1. The minimum absolute atomic E-state index is 0.133. The van der Waals surface area contributed by atoms with Crippen LogP contribution < -0.4 is 5.32 Å². The summed E-state index contributed by atoms with van der Waals surface area (Å²) in [5, 5.41) is 4.89. The number of fused-ring (bicyclic) bond motifs is 2. The number of imide groups is 1. The minimum atomic E-state index is -0.968. The van der Waals surface area contributed by atoms with Crippen LogP contribution in [0.25, 0.3) is 0 Å². The van der Waals surface area contributed by atoms with Crippen molar-refractivity contribution in [2.75, 3.05) is 6.54 Å². The molecule has 26 heavy (non-hydrogen) atoms.